The van der Waals surface area contributed by atoms with E-state index in [9.17, 15) is 9.59 Å². The van der Waals surface area contributed by atoms with Crippen LogP contribution in [0.5, 0.6) is 0 Å². The average molecular weight is 242 g/mol. The lowest BCUT2D eigenvalue weighted by Crippen LogP contribution is -2.34. The van der Waals surface area contributed by atoms with Crippen molar-refractivity contribution in [2.75, 3.05) is 6.61 Å². The zero-order valence-corrected chi connectivity index (χ0v) is 10.3. The zero-order chi connectivity index (χ0) is 12.1. The van der Waals surface area contributed by atoms with Gasteiger partial charge in [-0.2, -0.15) is 0 Å². The first-order chi connectivity index (χ1) is 7.54. The Bertz CT molecular complexity index is 389. The largest absolute Gasteiger partial charge is 0.459 e. The minimum absolute atomic E-state index is 0.191. The summed E-state index contributed by atoms with van der Waals surface area (Å²) in [7, 11) is 0. The molecule has 0 bridgehead atoms. The molecular formula is C10H14N2O3S. The fourth-order valence-electron chi connectivity index (χ4n) is 1.09. The van der Waals surface area contributed by atoms with Crippen LogP contribution in [-0.4, -0.2) is 23.5 Å². The highest BCUT2D eigenvalue weighted by Crippen LogP contribution is 2.17. The molecule has 0 aromatic carbocycles. The summed E-state index contributed by atoms with van der Waals surface area (Å²) >= 11 is 1.45. The maximum Gasteiger partial charge on any atom is 0.396 e. The second-order valence-corrected chi connectivity index (χ2v) is 4.13. The molecule has 0 aliphatic heterocycles. The van der Waals surface area contributed by atoms with Crippen LogP contribution in [0.25, 0.3) is 0 Å². The summed E-state index contributed by atoms with van der Waals surface area (Å²) in [6, 6.07) is -0.282. The van der Waals surface area contributed by atoms with Gasteiger partial charge in [0.15, 0.2) is 0 Å². The van der Waals surface area contributed by atoms with Crippen molar-refractivity contribution in [3.63, 3.8) is 0 Å². The third kappa shape index (κ3) is 3.30. The van der Waals surface area contributed by atoms with E-state index in [1.165, 1.54) is 11.3 Å². The van der Waals surface area contributed by atoms with Gasteiger partial charge in [0.1, 0.15) is 5.01 Å². The highest BCUT2D eigenvalue weighted by Gasteiger charge is 2.19. The van der Waals surface area contributed by atoms with Crippen LogP contribution in [-0.2, 0) is 14.3 Å². The smallest absolute Gasteiger partial charge is 0.396 e. The normalized spacial score (nSPS) is 11.9. The van der Waals surface area contributed by atoms with Crippen molar-refractivity contribution in [1.29, 1.82) is 0 Å². The number of aromatic nitrogens is 1. The summed E-state index contributed by atoms with van der Waals surface area (Å²) in [5, 5.41) is 5.19. The monoisotopic (exact) mass is 242 g/mol. The summed E-state index contributed by atoms with van der Waals surface area (Å²) in [6.45, 7) is 5.49. The van der Waals surface area contributed by atoms with Gasteiger partial charge in [0.05, 0.1) is 12.6 Å². The van der Waals surface area contributed by atoms with Crippen molar-refractivity contribution >= 4 is 23.2 Å². The van der Waals surface area contributed by atoms with E-state index in [1.807, 2.05) is 12.3 Å². The van der Waals surface area contributed by atoms with E-state index in [0.29, 0.717) is 0 Å². The first kappa shape index (κ1) is 12.6. The number of aryl methyl sites for hydroxylation is 1. The van der Waals surface area contributed by atoms with Crippen LogP contribution in [0.2, 0.25) is 0 Å². The van der Waals surface area contributed by atoms with Crippen molar-refractivity contribution in [2.45, 2.75) is 26.8 Å². The van der Waals surface area contributed by atoms with E-state index in [4.69, 9.17) is 0 Å². The van der Waals surface area contributed by atoms with Crippen LogP contribution in [0, 0.1) is 6.92 Å². The van der Waals surface area contributed by atoms with Crippen molar-refractivity contribution < 1.29 is 14.3 Å². The quantitative estimate of drug-likeness (QED) is 0.638. The Morgan fingerprint density at radius 3 is 2.81 bits per heavy atom. The minimum Gasteiger partial charge on any atom is -0.459 e. The van der Waals surface area contributed by atoms with E-state index in [1.54, 1.807) is 13.8 Å². The molecule has 1 atom stereocenters. The van der Waals surface area contributed by atoms with Crippen molar-refractivity contribution in [2.24, 2.45) is 0 Å². The molecule has 1 rings (SSSR count). The molecule has 88 valence electrons. The number of ether oxygens (including phenoxy) is 1. The fraction of sp³-hybridized carbons (Fsp3) is 0.500. The first-order valence-corrected chi connectivity index (χ1v) is 5.82. The Labute approximate surface area is 97.8 Å². The molecule has 0 saturated carbocycles. The van der Waals surface area contributed by atoms with Gasteiger partial charge in [-0.25, -0.2) is 9.78 Å². The van der Waals surface area contributed by atoms with E-state index in [0.717, 1.165) is 10.7 Å². The molecule has 1 heterocycles. The van der Waals surface area contributed by atoms with Gasteiger partial charge in [0.25, 0.3) is 0 Å². The van der Waals surface area contributed by atoms with Crippen molar-refractivity contribution in [3.8, 4) is 0 Å². The summed E-state index contributed by atoms with van der Waals surface area (Å²) in [6.07, 6.45) is 0. The van der Waals surface area contributed by atoms with Gasteiger partial charge in [-0.1, -0.05) is 0 Å². The van der Waals surface area contributed by atoms with Gasteiger partial charge in [0.2, 0.25) is 0 Å². The van der Waals surface area contributed by atoms with E-state index >= 15 is 0 Å². The number of esters is 1. The molecule has 0 spiro atoms. The highest BCUT2D eigenvalue weighted by molar-refractivity contribution is 7.09. The van der Waals surface area contributed by atoms with Crippen LogP contribution < -0.4 is 5.32 Å². The Kier molecular flexibility index (Phi) is 4.42. The molecule has 1 aromatic rings. The third-order valence-corrected chi connectivity index (χ3v) is 2.96. The number of carbonyl (C=O) groups is 2. The predicted molar refractivity (Wildman–Crippen MR) is 60.0 cm³/mol. The van der Waals surface area contributed by atoms with Crippen LogP contribution >= 0.6 is 11.3 Å². The van der Waals surface area contributed by atoms with E-state index in [2.05, 4.69) is 15.0 Å². The molecule has 0 radical (unpaired) electrons. The van der Waals surface area contributed by atoms with Gasteiger partial charge in [-0.3, -0.25) is 4.79 Å². The maximum absolute atomic E-state index is 11.3. The molecule has 0 fully saturated rings. The predicted octanol–water partition coefficient (Wildman–Crippen LogP) is 1.19. The van der Waals surface area contributed by atoms with Crippen molar-refractivity contribution in [1.82, 2.24) is 10.3 Å². The highest BCUT2D eigenvalue weighted by atomic mass is 32.1. The molecule has 1 unspecified atom stereocenters. The number of thiazole rings is 1. The topological polar surface area (TPSA) is 68.3 Å². The Balaban J connectivity index is 2.54. The molecule has 1 aromatic heterocycles. The van der Waals surface area contributed by atoms with Crippen LogP contribution in [0.1, 0.15) is 30.6 Å². The molecule has 5 nitrogen and oxygen atoms in total. The van der Waals surface area contributed by atoms with Crippen LogP contribution in [0.4, 0.5) is 0 Å². The first-order valence-electron chi connectivity index (χ1n) is 4.94. The van der Waals surface area contributed by atoms with Crippen LogP contribution in [0.15, 0.2) is 5.38 Å². The number of nitrogens with one attached hydrogen (secondary N) is 1. The molecule has 6 heteroatoms. The van der Waals surface area contributed by atoms with Gasteiger partial charge in [-0.15, -0.1) is 11.3 Å². The lowest BCUT2D eigenvalue weighted by atomic mass is 10.3. The number of hydrogen-bond donors (Lipinski definition) is 1. The van der Waals surface area contributed by atoms with Gasteiger partial charge in [-0.05, 0) is 20.8 Å². The molecular weight excluding hydrogens is 228 g/mol. The Hall–Kier alpha value is -1.43. The molecule has 0 aliphatic carbocycles. The van der Waals surface area contributed by atoms with Crippen molar-refractivity contribution in [3.05, 3.63) is 16.1 Å². The Morgan fingerprint density at radius 1 is 1.62 bits per heavy atom. The second kappa shape index (κ2) is 5.60. The molecule has 1 N–H and O–H groups in total. The zero-order valence-electron chi connectivity index (χ0n) is 9.44. The fourth-order valence-corrected chi connectivity index (χ4v) is 1.89. The lowest BCUT2D eigenvalue weighted by Gasteiger charge is -2.09. The third-order valence-electron chi connectivity index (χ3n) is 1.82. The van der Waals surface area contributed by atoms with Crippen LogP contribution in [0.3, 0.4) is 0 Å². The average Bonchev–Trinajstić information content (AvgIpc) is 2.65. The van der Waals surface area contributed by atoms with Gasteiger partial charge in [0, 0.05) is 11.1 Å². The Morgan fingerprint density at radius 2 is 2.31 bits per heavy atom. The molecule has 16 heavy (non-hydrogen) atoms. The minimum atomic E-state index is -0.859. The van der Waals surface area contributed by atoms with Gasteiger partial charge >= 0.3 is 11.9 Å². The number of hydrogen-bond acceptors (Lipinski definition) is 5. The van der Waals surface area contributed by atoms with E-state index in [-0.39, 0.29) is 12.6 Å². The standard InChI is InChI=1S/C10H14N2O3S/c1-4-15-10(14)8(13)12-7(3)9-11-6(2)5-16-9/h5,7H,4H2,1-3H3,(H,12,13). The summed E-state index contributed by atoms with van der Waals surface area (Å²) in [5.74, 6) is -1.59. The SMILES string of the molecule is CCOC(=O)C(=O)NC(C)c1nc(C)cs1. The number of carbonyl (C=O) groups excluding carboxylic acids is 2. The maximum atomic E-state index is 11.3. The molecule has 1 amide bonds. The molecule has 0 aliphatic rings. The second-order valence-electron chi connectivity index (χ2n) is 3.24. The number of amides is 1. The van der Waals surface area contributed by atoms with Gasteiger partial charge < -0.3 is 10.1 Å². The summed E-state index contributed by atoms with van der Waals surface area (Å²) < 4.78 is 4.58. The van der Waals surface area contributed by atoms with E-state index < -0.39 is 11.9 Å². The number of nitrogens with zero attached hydrogens (tertiary/aromatic N) is 1. The summed E-state index contributed by atoms with van der Waals surface area (Å²) in [5.41, 5.74) is 0.900. The molecule has 0 saturated heterocycles. The number of rotatable bonds is 3. The lowest BCUT2D eigenvalue weighted by molar-refractivity contribution is -0.154. The summed E-state index contributed by atoms with van der Waals surface area (Å²) in [4.78, 5) is 26.6.